The number of aryl methyl sites for hydroxylation is 1. The molecule has 0 aromatic heterocycles. The van der Waals surface area contributed by atoms with Crippen molar-refractivity contribution in [3.63, 3.8) is 0 Å². The Labute approximate surface area is 96.1 Å². The molecule has 74 valence electrons. The van der Waals surface area contributed by atoms with Crippen LogP contribution in [0.3, 0.4) is 0 Å². The third-order valence-corrected chi connectivity index (χ3v) is 2.83. The van der Waals surface area contributed by atoms with Gasteiger partial charge in [-0.2, -0.15) is 10.5 Å². The van der Waals surface area contributed by atoms with Crippen LogP contribution in [0.4, 0.5) is 0 Å². The van der Waals surface area contributed by atoms with E-state index in [1.54, 1.807) is 30.3 Å². The van der Waals surface area contributed by atoms with E-state index in [1.165, 1.54) is 0 Å². The van der Waals surface area contributed by atoms with Gasteiger partial charge in [0.25, 0.3) is 0 Å². The van der Waals surface area contributed by atoms with Crippen LogP contribution in [0.15, 0.2) is 22.7 Å². The van der Waals surface area contributed by atoms with Crippen LogP contribution in [0.25, 0.3) is 0 Å². The molecule has 0 bridgehead atoms. The van der Waals surface area contributed by atoms with E-state index in [1.807, 2.05) is 6.92 Å². The maximum atomic E-state index is 11.6. The quantitative estimate of drug-likeness (QED) is 0.770. The normalized spacial score (nSPS) is 9.40. The number of carbonyl (C=O) groups is 1. The summed E-state index contributed by atoms with van der Waals surface area (Å²) >= 11 is 3.29. The first-order valence-corrected chi connectivity index (χ1v) is 4.99. The molecule has 0 saturated heterocycles. The minimum absolute atomic E-state index is 0.376. The van der Waals surface area contributed by atoms with Gasteiger partial charge in [-0.3, -0.25) is 4.79 Å². The minimum Gasteiger partial charge on any atom is -0.291 e. The molecular formula is C11H7BrN2O. The highest BCUT2D eigenvalue weighted by molar-refractivity contribution is 9.10. The second-order valence-corrected chi connectivity index (χ2v) is 3.87. The largest absolute Gasteiger partial charge is 0.291 e. The minimum atomic E-state index is -1.22. The molecule has 1 rings (SSSR count). The molecule has 0 radical (unpaired) electrons. The lowest BCUT2D eigenvalue weighted by Crippen LogP contribution is -2.10. The van der Waals surface area contributed by atoms with Crippen LogP contribution in [0.1, 0.15) is 15.9 Å². The van der Waals surface area contributed by atoms with Gasteiger partial charge in [0.1, 0.15) is 0 Å². The topological polar surface area (TPSA) is 64.7 Å². The van der Waals surface area contributed by atoms with Crippen molar-refractivity contribution in [1.82, 2.24) is 0 Å². The van der Waals surface area contributed by atoms with E-state index in [0.29, 0.717) is 5.56 Å². The molecule has 4 heteroatoms. The average Bonchev–Trinajstić information content (AvgIpc) is 2.23. The molecule has 3 nitrogen and oxygen atoms in total. The highest BCUT2D eigenvalue weighted by atomic mass is 79.9. The van der Waals surface area contributed by atoms with Gasteiger partial charge >= 0.3 is 0 Å². The summed E-state index contributed by atoms with van der Waals surface area (Å²) in [5.74, 6) is -1.68. The van der Waals surface area contributed by atoms with Crippen molar-refractivity contribution in [3.8, 4) is 12.1 Å². The zero-order valence-electron chi connectivity index (χ0n) is 7.99. The fraction of sp³-hybridized carbons (Fsp3) is 0.182. The van der Waals surface area contributed by atoms with E-state index in [9.17, 15) is 4.79 Å². The smallest absolute Gasteiger partial charge is 0.195 e. The van der Waals surface area contributed by atoms with Crippen LogP contribution < -0.4 is 0 Å². The first-order chi connectivity index (χ1) is 7.10. The molecule has 0 N–H and O–H groups in total. The van der Waals surface area contributed by atoms with Crippen molar-refractivity contribution in [2.45, 2.75) is 6.92 Å². The summed E-state index contributed by atoms with van der Waals surface area (Å²) in [6.45, 7) is 1.89. The van der Waals surface area contributed by atoms with Crippen molar-refractivity contribution in [1.29, 1.82) is 10.5 Å². The van der Waals surface area contributed by atoms with E-state index in [2.05, 4.69) is 15.9 Å². The Bertz CT molecular complexity index is 468. The Morgan fingerprint density at radius 2 is 2.00 bits per heavy atom. The van der Waals surface area contributed by atoms with Crippen molar-refractivity contribution in [3.05, 3.63) is 33.8 Å². The van der Waals surface area contributed by atoms with Crippen molar-refractivity contribution >= 4 is 21.7 Å². The van der Waals surface area contributed by atoms with Crippen molar-refractivity contribution < 1.29 is 4.79 Å². The maximum Gasteiger partial charge on any atom is 0.195 e. The molecule has 1 aromatic carbocycles. The SMILES string of the molecule is Cc1ccc(C(=O)C(C#N)C#N)cc1Br. The predicted molar refractivity (Wildman–Crippen MR) is 57.9 cm³/mol. The van der Waals surface area contributed by atoms with Crippen LogP contribution in [0.5, 0.6) is 0 Å². The van der Waals surface area contributed by atoms with Gasteiger partial charge in [-0.25, -0.2) is 0 Å². The van der Waals surface area contributed by atoms with Gasteiger partial charge in [-0.1, -0.05) is 28.1 Å². The lowest BCUT2D eigenvalue weighted by Gasteiger charge is -2.03. The van der Waals surface area contributed by atoms with Crippen LogP contribution in [-0.2, 0) is 0 Å². The van der Waals surface area contributed by atoms with E-state index in [0.717, 1.165) is 10.0 Å². The Hall–Kier alpha value is -1.65. The van der Waals surface area contributed by atoms with Gasteiger partial charge in [0.2, 0.25) is 0 Å². The Morgan fingerprint density at radius 1 is 1.40 bits per heavy atom. The molecule has 0 spiro atoms. The molecule has 0 saturated carbocycles. The summed E-state index contributed by atoms with van der Waals surface area (Å²) in [6, 6.07) is 8.32. The Kier molecular flexibility index (Phi) is 3.60. The summed E-state index contributed by atoms with van der Waals surface area (Å²) in [7, 11) is 0. The highest BCUT2D eigenvalue weighted by Gasteiger charge is 2.19. The van der Waals surface area contributed by atoms with Crippen LogP contribution in [-0.4, -0.2) is 5.78 Å². The molecule has 0 aliphatic rings. The Balaban J connectivity index is 3.09. The molecule has 0 aliphatic carbocycles. The molecular weight excluding hydrogens is 256 g/mol. The molecule has 0 aliphatic heterocycles. The number of halogens is 1. The van der Waals surface area contributed by atoms with Crippen LogP contribution in [0.2, 0.25) is 0 Å². The molecule has 0 heterocycles. The number of ketones is 1. The lowest BCUT2D eigenvalue weighted by atomic mass is 9.99. The second kappa shape index (κ2) is 4.72. The summed E-state index contributed by atoms with van der Waals surface area (Å²) in [4.78, 5) is 11.6. The van der Waals surface area contributed by atoms with E-state index in [4.69, 9.17) is 10.5 Å². The zero-order chi connectivity index (χ0) is 11.4. The number of nitrogens with zero attached hydrogens (tertiary/aromatic N) is 2. The Morgan fingerprint density at radius 3 is 2.47 bits per heavy atom. The van der Waals surface area contributed by atoms with Crippen LogP contribution in [0, 0.1) is 35.5 Å². The second-order valence-electron chi connectivity index (χ2n) is 3.02. The first-order valence-electron chi connectivity index (χ1n) is 4.19. The third-order valence-electron chi connectivity index (χ3n) is 1.98. The van der Waals surface area contributed by atoms with E-state index < -0.39 is 11.7 Å². The van der Waals surface area contributed by atoms with Gasteiger partial charge in [0.05, 0.1) is 12.1 Å². The van der Waals surface area contributed by atoms with Gasteiger partial charge < -0.3 is 0 Å². The number of carbonyl (C=O) groups excluding carboxylic acids is 1. The maximum absolute atomic E-state index is 11.6. The van der Waals surface area contributed by atoms with Crippen molar-refractivity contribution in [2.75, 3.05) is 0 Å². The third kappa shape index (κ3) is 2.43. The number of Topliss-reactive ketones (excluding diaryl/α,β-unsaturated/α-hetero) is 1. The molecule has 1 aromatic rings. The molecule has 0 fully saturated rings. The highest BCUT2D eigenvalue weighted by Crippen LogP contribution is 2.19. The lowest BCUT2D eigenvalue weighted by molar-refractivity contribution is 0.0971. The summed E-state index contributed by atoms with van der Waals surface area (Å²) in [6.07, 6.45) is 0. The summed E-state index contributed by atoms with van der Waals surface area (Å²) in [5.41, 5.74) is 1.37. The predicted octanol–water partition coefficient (Wildman–Crippen LogP) is 2.60. The summed E-state index contributed by atoms with van der Waals surface area (Å²) < 4.78 is 0.794. The number of hydrogen-bond acceptors (Lipinski definition) is 3. The molecule has 0 atom stereocenters. The van der Waals surface area contributed by atoms with Gasteiger partial charge in [-0.05, 0) is 18.6 Å². The monoisotopic (exact) mass is 262 g/mol. The van der Waals surface area contributed by atoms with Gasteiger partial charge in [0, 0.05) is 10.0 Å². The number of benzene rings is 1. The first kappa shape index (κ1) is 11.4. The molecule has 0 amide bonds. The van der Waals surface area contributed by atoms with Crippen LogP contribution >= 0.6 is 15.9 Å². The fourth-order valence-electron chi connectivity index (χ4n) is 1.06. The van der Waals surface area contributed by atoms with E-state index >= 15 is 0 Å². The number of hydrogen-bond donors (Lipinski definition) is 0. The number of nitriles is 2. The van der Waals surface area contributed by atoms with Gasteiger partial charge in [-0.15, -0.1) is 0 Å². The fourth-order valence-corrected chi connectivity index (χ4v) is 1.44. The molecule has 0 unspecified atom stereocenters. The summed E-state index contributed by atoms with van der Waals surface area (Å²) in [5, 5.41) is 17.2. The standard InChI is InChI=1S/C11H7BrN2O/c1-7-2-3-8(4-10(7)12)11(15)9(5-13)6-14/h2-4,9H,1H3. The zero-order valence-corrected chi connectivity index (χ0v) is 9.58. The number of rotatable bonds is 2. The van der Waals surface area contributed by atoms with Gasteiger partial charge in [0.15, 0.2) is 11.7 Å². The molecule has 15 heavy (non-hydrogen) atoms. The van der Waals surface area contributed by atoms with E-state index in [-0.39, 0.29) is 0 Å². The average molecular weight is 263 g/mol. The van der Waals surface area contributed by atoms with Crippen molar-refractivity contribution in [2.24, 2.45) is 5.92 Å².